The minimum absolute atomic E-state index is 0.0482. The van der Waals surface area contributed by atoms with Crippen LogP contribution in [0.2, 0.25) is 0 Å². The van der Waals surface area contributed by atoms with Crippen LogP contribution in [-0.4, -0.2) is 27.0 Å². The van der Waals surface area contributed by atoms with Crippen molar-refractivity contribution in [2.75, 3.05) is 6.61 Å². The Bertz CT molecular complexity index is 343. The Balaban J connectivity index is 2.54. The maximum absolute atomic E-state index is 8.98. The standard InChI is InChI=1S/C14H27N3O/c1-5-13(6-2)17-9-7-12(16-17)11-15-14(3,4)8-10-18/h7,9,13,15,18H,5-6,8,10-11H2,1-4H3. The number of nitrogens with one attached hydrogen (secondary N) is 1. The SMILES string of the molecule is CCC(CC)n1ccc(CNC(C)(C)CCO)n1. The summed E-state index contributed by atoms with van der Waals surface area (Å²) < 4.78 is 2.07. The number of nitrogens with zero attached hydrogens (tertiary/aromatic N) is 2. The Morgan fingerprint density at radius 1 is 1.39 bits per heavy atom. The highest BCUT2D eigenvalue weighted by molar-refractivity contribution is 5.00. The van der Waals surface area contributed by atoms with Gasteiger partial charge in [-0.1, -0.05) is 13.8 Å². The summed E-state index contributed by atoms with van der Waals surface area (Å²) in [4.78, 5) is 0. The minimum atomic E-state index is -0.0482. The quantitative estimate of drug-likeness (QED) is 0.748. The molecule has 0 saturated heterocycles. The van der Waals surface area contributed by atoms with Crippen LogP contribution in [0.15, 0.2) is 12.3 Å². The van der Waals surface area contributed by atoms with Crippen molar-refractivity contribution in [1.82, 2.24) is 15.1 Å². The van der Waals surface area contributed by atoms with E-state index in [1.165, 1.54) is 0 Å². The number of aliphatic hydroxyl groups is 1. The molecule has 18 heavy (non-hydrogen) atoms. The molecule has 0 bridgehead atoms. The van der Waals surface area contributed by atoms with Crippen molar-refractivity contribution < 1.29 is 5.11 Å². The largest absolute Gasteiger partial charge is 0.396 e. The first-order chi connectivity index (χ1) is 8.52. The predicted molar refractivity (Wildman–Crippen MR) is 74.5 cm³/mol. The van der Waals surface area contributed by atoms with Gasteiger partial charge >= 0.3 is 0 Å². The number of aromatic nitrogens is 2. The third-order valence-electron chi connectivity index (χ3n) is 3.47. The van der Waals surface area contributed by atoms with Crippen molar-refractivity contribution in [2.24, 2.45) is 0 Å². The maximum atomic E-state index is 8.98. The van der Waals surface area contributed by atoms with E-state index in [-0.39, 0.29) is 12.1 Å². The van der Waals surface area contributed by atoms with Crippen LogP contribution in [0.4, 0.5) is 0 Å². The molecule has 0 radical (unpaired) electrons. The van der Waals surface area contributed by atoms with E-state index in [4.69, 9.17) is 5.11 Å². The summed E-state index contributed by atoms with van der Waals surface area (Å²) in [6, 6.07) is 2.57. The van der Waals surface area contributed by atoms with Crippen LogP contribution in [0.25, 0.3) is 0 Å². The number of hydrogen-bond acceptors (Lipinski definition) is 3. The smallest absolute Gasteiger partial charge is 0.0762 e. The lowest BCUT2D eigenvalue weighted by atomic mass is 10.0. The predicted octanol–water partition coefficient (Wildman–Crippen LogP) is 2.49. The second-order valence-electron chi connectivity index (χ2n) is 5.47. The van der Waals surface area contributed by atoms with Crippen LogP contribution in [0.3, 0.4) is 0 Å². The summed E-state index contributed by atoms with van der Waals surface area (Å²) in [5, 5.41) is 17.0. The van der Waals surface area contributed by atoms with Crippen molar-refractivity contribution in [1.29, 1.82) is 0 Å². The molecule has 0 spiro atoms. The molecule has 104 valence electrons. The van der Waals surface area contributed by atoms with Crippen molar-refractivity contribution in [3.8, 4) is 0 Å². The van der Waals surface area contributed by atoms with Crippen LogP contribution >= 0.6 is 0 Å². The molecule has 1 aromatic heterocycles. The molecule has 1 heterocycles. The molecular formula is C14H27N3O. The summed E-state index contributed by atoms with van der Waals surface area (Å²) in [6.45, 7) is 9.54. The zero-order valence-electron chi connectivity index (χ0n) is 12.1. The Kier molecular flexibility index (Phi) is 5.82. The van der Waals surface area contributed by atoms with E-state index in [1.807, 2.05) is 0 Å². The highest BCUT2D eigenvalue weighted by Gasteiger charge is 2.16. The highest BCUT2D eigenvalue weighted by Crippen LogP contribution is 2.15. The van der Waals surface area contributed by atoms with Gasteiger partial charge in [-0.2, -0.15) is 5.10 Å². The second kappa shape index (κ2) is 6.90. The number of hydrogen-bond donors (Lipinski definition) is 2. The highest BCUT2D eigenvalue weighted by atomic mass is 16.3. The van der Waals surface area contributed by atoms with Crippen LogP contribution in [0.5, 0.6) is 0 Å². The first-order valence-corrected chi connectivity index (χ1v) is 6.92. The summed E-state index contributed by atoms with van der Waals surface area (Å²) in [5.41, 5.74) is 1.01. The van der Waals surface area contributed by atoms with Crippen molar-refractivity contribution in [3.05, 3.63) is 18.0 Å². The Morgan fingerprint density at radius 3 is 2.61 bits per heavy atom. The van der Waals surface area contributed by atoms with E-state index >= 15 is 0 Å². The monoisotopic (exact) mass is 253 g/mol. The van der Waals surface area contributed by atoms with Gasteiger partial charge in [-0.15, -0.1) is 0 Å². The lowest BCUT2D eigenvalue weighted by molar-refractivity contribution is 0.229. The van der Waals surface area contributed by atoms with Crippen molar-refractivity contribution >= 4 is 0 Å². The molecule has 0 atom stereocenters. The van der Waals surface area contributed by atoms with Gasteiger partial charge in [0.1, 0.15) is 0 Å². The molecule has 2 N–H and O–H groups in total. The lowest BCUT2D eigenvalue weighted by Gasteiger charge is -2.24. The molecule has 0 unspecified atom stereocenters. The van der Waals surface area contributed by atoms with Crippen LogP contribution in [-0.2, 0) is 6.54 Å². The third-order valence-corrected chi connectivity index (χ3v) is 3.47. The molecule has 0 aromatic carbocycles. The van der Waals surface area contributed by atoms with Gasteiger partial charge in [0.25, 0.3) is 0 Å². The minimum Gasteiger partial charge on any atom is -0.396 e. The summed E-state index contributed by atoms with van der Waals surface area (Å²) in [5.74, 6) is 0. The van der Waals surface area contributed by atoms with Crippen LogP contribution in [0, 0.1) is 0 Å². The molecular weight excluding hydrogens is 226 g/mol. The third kappa shape index (κ3) is 4.42. The molecule has 0 saturated carbocycles. The van der Waals surface area contributed by atoms with Gasteiger partial charge in [0.05, 0.1) is 11.7 Å². The summed E-state index contributed by atoms with van der Waals surface area (Å²) in [7, 11) is 0. The van der Waals surface area contributed by atoms with Crippen molar-refractivity contribution in [2.45, 2.75) is 65.1 Å². The molecule has 0 aliphatic heterocycles. The van der Waals surface area contributed by atoms with E-state index in [0.717, 1.165) is 31.5 Å². The number of aliphatic hydroxyl groups excluding tert-OH is 1. The van der Waals surface area contributed by atoms with Gasteiger partial charge in [0.2, 0.25) is 0 Å². The second-order valence-corrected chi connectivity index (χ2v) is 5.47. The van der Waals surface area contributed by atoms with Crippen molar-refractivity contribution in [3.63, 3.8) is 0 Å². The Hall–Kier alpha value is -0.870. The summed E-state index contributed by atoms with van der Waals surface area (Å²) in [6.07, 6.45) is 5.04. The molecule has 1 rings (SSSR count). The molecule has 4 heteroatoms. The van der Waals surface area contributed by atoms with Gasteiger partial charge in [-0.05, 0) is 39.2 Å². The van der Waals surface area contributed by atoms with E-state index in [1.54, 1.807) is 0 Å². The first-order valence-electron chi connectivity index (χ1n) is 6.92. The molecule has 0 aliphatic carbocycles. The fourth-order valence-corrected chi connectivity index (χ4v) is 2.04. The molecule has 0 aliphatic rings. The van der Waals surface area contributed by atoms with E-state index in [0.29, 0.717) is 6.04 Å². The van der Waals surface area contributed by atoms with E-state index in [2.05, 4.69) is 55.1 Å². The number of rotatable bonds is 8. The van der Waals surface area contributed by atoms with Gasteiger partial charge in [-0.25, -0.2) is 0 Å². The average Bonchev–Trinajstić information content (AvgIpc) is 2.77. The zero-order valence-corrected chi connectivity index (χ0v) is 12.1. The normalized spacial score (nSPS) is 12.3. The van der Waals surface area contributed by atoms with Crippen LogP contribution in [0.1, 0.15) is 58.7 Å². The van der Waals surface area contributed by atoms with Gasteiger partial charge in [0.15, 0.2) is 0 Å². The van der Waals surface area contributed by atoms with Crippen LogP contribution < -0.4 is 5.32 Å². The van der Waals surface area contributed by atoms with Gasteiger partial charge in [-0.3, -0.25) is 4.68 Å². The average molecular weight is 253 g/mol. The Morgan fingerprint density at radius 2 is 2.06 bits per heavy atom. The van der Waals surface area contributed by atoms with Gasteiger partial charge < -0.3 is 10.4 Å². The fraction of sp³-hybridized carbons (Fsp3) is 0.786. The molecule has 0 amide bonds. The zero-order chi connectivity index (χ0) is 13.6. The summed E-state index contributed by atoms with van der Waals surface area (Å²) >= 11 is 0. The maximum Gasteiger partial charge on any atom is 0.0762 e. The van der Waals surface area contributed by atoms with Gasteiger partial charge in [0, 0.05) is 24.9 Å². The molecule has 1 aromatic rings. The van der Waals surface area contributed by atoms with E-state index < -0.39 is 0 Å². The van der Waals surface area contributed by atoms with E-state index in [9.17, 15) is 0 Å². The first kappa shape index (κ1) is 15.2. The Labute approximate surface area is 110 Å². The molecule has 0 fully saturated rings. The fourth-order valence-electron chi connectivity index (χ4n) is 2.04. The topological polar surface area (TPSA) is 50.1 Å². The molecule has 4 nitrogen and oxygen atoms in total. The lowest BCUT2D eigenvalue weighted by Crippen LogP contribution is -2.39.